The highest BCUT2D eigenvalue weighted by Gasteiger charge is 2.26. The molecule has 0 fully saturated rings. The average molecular weight is 561 g/mol. The Kier molecular flexibility index (Phi) is 7.30. The van der Waals surface area contributed by atoms with Crippen LogP contribution in [0.3, 0.4) is 0 Å². The standard InChI is InChI=1S/C28H21ClN4O7/c1-3-38-28(35)16(2)39-25-18(12-19(29)14-22(25)33(36)37)15-30-32-26(24-13-17-8-4-7-11-23(17)40-24)31-21-10-6-5-9-20(21)27(32)34/h4-16H,3H2,1-2H3/t16-/m0/s1. The molecular formula is C28H21ClN4O7. The van der Waals surface area contributed by atoms with Crippen molar-refractivity contribution in [3.05, 3.63) is 97.8 Å². The Labute approximate surface area is 231 Å². The van der Waals surface area contributed by atoms with Crippen LogP contribution in [-0.2, 0) is 9.53 Å². The Bertz CT molecular complexity index is 1830. The fraction of sp³-hybridized carbons (Fsp3) is 0.143. The second-order valence-corrected chi connectivity index (χ2v) is 9.01. The van der Waals surface area contributed by atoms with Crippen molar-refractivity contribution < 1.29 is 23.6 Å². The van der Waals surface area contributed by atoms with Crippen LogP contribution in [0.2, 0.25) is 5.02 Å². The van der Waals surface area contributed by atoms with Crippen LogP contribution in [0.5, 0.6) is 5.75 Å². The summed E-state index contributed by atoms with van der Waals surface area (Å²) in [4.78, 5) is 41.5. The van der Waals surface area contributed by atoms with Gasteiger partial charge in [-0.15, -0.1) is 0 Å². The van der Waals surface area contributed by atoms with Crippen molar-refractivity contribution in [3.63, 3.8) is 0 Å². The lowest BCUT2D eigenvalue weighted by atomic mass is 10.2. The maximum atomic E-state index is 13.6. The number of benzene rings is 3. The molecule has 0 N–H and O–H groups in total. The number of furan rings is 1. The van der Waals surface area contributed by atoms with E-state index in [1.807, 2.05) is 18.2 Å². The molecule has 1 atom stereocenters. The van der Waals surface area contributed by atoms with Crippen LogP contribution in [0.1, 0.15) is 19.4 Å². The van der Waals surface area contributed by atoms with Crippen molar-refractivity contribution in [3.8, 4) is 17.3 Å². The quantitative estimate of drug-likeness (QED) is 0.104. The van der Waals surface area contributed by atoms with Gasteiger partial charge in [-0.25, -0.2) is 9.78 Å². The fourth-order valence-electron chi connectivity index (χ4n) is 4.05. The first-order chi connectivity index (χ1) is 19.3. The molecule has 2 heterocycles. The molecule has 12 heteroatoms. The minimum absolute atomic E-state index is 0.0192. The molecule has 0 bridgehead atoms. The predicted octanol–water partition coefficient (Wildman–Crippen LogP) is 5.58. The molecule has 0 unspecified atom stereocenters. The van der Waals surface area contributed by atoms with Crippen LogP contribution in [0.25, 0.3) is 33.5 Å². The molecule has 11 nitrogen and oxygen atoms in total. The Balaban J connectivity index is 1.68. The van der Waals surface area contributed by atoms with Gasteiger partial charge in [-0.1, -0.05) is 41.9 Å². The number of halogens is 1. The molecule has 202 valence electrons. The number of para-hydroxylation sites is 2. The lowest BCUT2D eigenvalue weighted by Gasteiger charge is -2.15. The van der Waals surface area contributed by atoms with E-state index in [4.69, 9.17) is 25.5 Å². The zero-order chi connectivity index (χ0) is 28.4. The highest BCUT2D eigenvalue weighted by Crippen LogP contribution is 2.35. The third-order valence-electron chi connectivity index (χ3n) is 5.88. The molecule has 40 heavy (non-hydrogen) atoms. The summed E-state index contributed by atoms with van der Waals surface area (Å²) >= 11 is 6.17. The maximum absolute atomic E-state index is 13.6. The number of nitro groups is 1. The SMILES string of the molecule is CCOC(=O)[C@H](C)Oc1c(C=Nn2c(-c3cc4ccccc4o3)nc3ccccc3c2=O)cc(Cl)cc1[N+](=O)[O-]. The highest BCUT2D eigenvalue weighted by molar-refractivity contribution is 6.31. The van der Waals surface area contributed by atoms with Crippen LogP contribution < -0.4 is 10.3 Å². The third-order valence-corrected chi connectivity index (χ3v) is 6.10. The normalized spacial score (nSPS) is 12.2. The van der Waals surface area contributed by atoms with Crippen LogP contribution >= 0.6 is 11.6 Å². The summed E-state index contributed by atoms with van der Waals surface area (Å²) in [7, 11) is 0. The van der Waals surface area contributed by atoms with E-state index in [1.54, 1.807) is 43.3 Å². The van der Waals surface area contributed by atoms with Gasteiger partial charge in [0, 0.05) is 22.0 Å². The number of hydrogen-bond donors (Lipinski definition) is 0. The van der Waals surface area contributed by atoms with Crippen LogP contribution in [0.15, 0.2) is 81.0 Å². The van der Waals surface area contributed by atoms with Gasteiger partial charge in [0.25, 0.3) is 5.56 Å². The summed E-state index contributed by atoms with van der Waals surface area (Å²) in [6.45, 7) is 3.13. The summed E-state index contributed by atoms with van der Waals surface area (Å²) in [5, 5.41) is 17.3. The van der Waals surface area contributed by atoms with E-state index in [0.717, 1.165) is 16.1 Å². The first-order valence-corrected chi connectivity index (χ1v) is 12.5. The molecule has 0 spiro atoms. The summed E-state index contributed by atoms with van der Waals surface area (Å²) < 4.78 is 17.6. The summed E-state index contributed by atoms with van der Waals surface area (Å²) in [6.07, 6.45) is -0.000964. The molecule has 0 saturated heterocycles. The molecule has 3 aromatic carbocycles. The number of nitro benzene ring substituents is 1. The minimum Gasteiger partial charge on any atom is -0.471 e. The Hall–Kier alpha value is -5.03. The van der Waals surface area contributed by atoms with Crippen LogP contribution in [-0.4, -0.2) is 39.5 Å². The number of fused-ring (bicyclic) bond motifs is 2. The molecule has 5 aromatic rings. The van der Waals surface area contributed by atoms with Crippen molar-refractivity contribution in [2.45, 2.75) is 20.0 Å². The van der Waals surface area contributed by atoms with Crippen molar-refractivity contribution in [2.75, 3.05) is 6.61 Å². The summed E-state index contributed by atoms with van der Waals surface area (Å²) in [5.74, 6) is -0.594. The number of carbonyl (C=O) groups excluding carboxylic acids is 1. The van der Waals surface area contributed by atoms with E-state index in [-0.39, 0.29) is 34.5 Å². The number of rotatable bonds is 8. The molecule has 0 aliphatic heterocycles. The van der Waals surface area contributed by atoms with Gasteiger partial charge in [0.1, 0.15) is 5.58 Å². The van der Waals surface area contributed by atoms with Gasteiger partial charge in [-0.3, -0.25) is 14.9 Å². The molecule has 2 aromatic heterocycles. The predicted molar refractivity (Wildman–Crippen MR) is 149 cm³/mol. The van der Waals surface area contributed by atoms with Gasteiger partial charge in [0.05, 0.1) is 28.6 Å². The minimum atomic E-state index is -1.18. The molecule has 0 saturated carbocycles. The van der Waals surface area contributed by atoms with Gasteiger partial charge < -0.3 is 13.9 Å². The lowest BCUT2D eigenvalue weighted by Crippen LogP contribution is -2.27. The lowest BCUT2D eigenvalue weighted by molar-refractivity contribution is -0.386. The summed E-state index contributed by atoms with van der Waals surface area (Å²) in [6, 6.07) is 18.3. The van der Waals surface area contributed by atoms with Crippen LogP contribution in [0, 0.1) is 10.1 Å². The van der Waals surface area contributed by atoms with Gasteiger partial charge in [0.15, 0.2) is 11.9 Å². The highest BCUT2D eigenvalue weighted by atomic mass is 35.5. The molecular weight excluding hydrogens is 540 g/mol. The molecule has 0 aliphatic carbocycles. The van der Waals surface area contributed by atoms with E-state index >= 15 is 0 Å². The maximum Gasteiger partial charge on any atom is 0.347 e. The van der Waals surface area contributed by atoms with E-state index in [1.165, 1.54) is 19.2 Å². The molecule has 5 rings (SSSR count). The number of aromatic nitrogens is 2. The van der Waals surface area contributed by atoms with Crippen molar-refractivity contribution in [2.24, 2.45) is 5.10 Å². The van der Waals surface area contributed by atoms with E-state index in [9.17, 15) is 19.7 Å². The first-order valence-electron chi connectivity index (χ1n) is 12.1. The Morgan fingerprint density at radius 1 is 1.20 bits per heavy atom. The van der Waals surface area contributed by atoms with Gasteiger partial charge >= 0.3 is 11.7 Å². The second-order valence-electron chi connectivity index (χ2n) is 8.58. The third kappa shape index (κ3) is 5.14. The van der Waals surface area contributed by atoms with Crippen molar-refractivity contribution in [1.82, 2.24) is 9.66 Å². The molecule has 0 amide bonds. The smallest absolute Gasteiger partial charge is 0.347 e. The average Bonchev–Trinajstić information content (AvgIpc) is 3.37. The second kappa shape index (κ2) is 11.0. The number of nitrogens with zero attached hydrogens (tertiary/aromatic N) is 4. The molecule has 0 aliphatic rings. The van der Waals surface area contributed by atoms with E-state index in [2.05, 4.69) is 10.1 Å². The van der Waals surface area contributed by atoms with Crippen molar-refractivity contribution >= 4 is 51.3 Å². The summed E-state index contributed by atoms with van der Waals surface area (Å²) in [5.41, 5.74) is 0.0679. The van der Waals surface area contributed by atoms with Gasteiger partial charge in [0.2, 0.25) is 11.6 Å². The van der Waals surface area contributed by atoms with Gasteiger partial charge in [-0.2, -0.15) is 9.78 Å². The van der Waals surface area contributed by atoms with E-state index < -0.39 is 28.2 Å². The first kappa shape index (κ1) is 26.6. The Morgan fingerprint density at radius 3 is 2.70 bits per heavy atom. The van der Waals surface area contributed by atoms with Gasteiger partial charge in [-0.05, 0) is 44.2 Å². The zero-order valence-electron chi connectivity index (χ0n) is 21.2. The zero-order valence-corrected chi connectivity index (χ0v) is 22.0. The Morgan fingerprint density at radius 2 is 1.95 bits per heavy atom. The van der Waals surface area contributed by atoms with E-state index in [0.29, 0.717) is 16.5 Å². The van der Waals surface area contributed by atoms with Crippen molar-refractivity contribution in [1.29, 1.82) is 0 Å². The number of ether oxygens (including phenoxy) is 2. The largest absolute Gasteiger partial charge is 0.471 e. The number of hydrogen-bond acceptors (Lipinski definition) is 9. The topological polar surface area (TPSA) is 139 Å². The fourth-order valence-corrected chi connectivity index (χ4v) is 4.27. The monoisotopic (exact) mass is 560 g/mol. The number of esters is 1. The van der Waals surface area contributed by atoms with Crippen LogP contribution in [0.4, 0.5) is 5.69 Å². The molecule has 0 radical (unpaired) electrons. The number of carbonyl (C=O) groups is 1.